The molecule has 0 radical (unpaired) electrons. The minimum Gasteiger partial charge on any atom is -0.378 e. The van der Waals surface area contributed by atoms with Crippen LogP contribution in [0.5, 0.6) is 0 Å². The Bertz CT molecular complexity index is 447. The van der Waals surface area contributed by atoms with E-state index in [1.165, 1.54) is 0 Å². The van der Waals surface area contributed by atoms with Gasteiger partial charge in [-0.1, -0.05) is 6.92 Å². The SMILES string of the molecule is CCNC(CCC1CCCO1)c1cc(F)c(F)cc1F. The fraction of sp³-hybridized carbons (Fsp3) is 0.600. The van der Waals surface area contributed by atoms with Crippen LogP contribution in [0, 0.1) is 17.5 Å². The van der Waals surface area contributed by atoms with E-state index in [0.29, 0.717) is 19.0 Å². The van der Waals surface area contributed by atoms with Crippen molar-refractivity contribution >= 4 is 0 Å². The zero-order chi connectivity index (χ0) is 14.5. The maximum absolute atomic E-state index is 13.8. The van der Waals surface area contributed by atoms with Crippen LogP contribution in [-0.2, 0) is 4.74 Å². The Labute approximate surface area is 117 Å². The van der Waals surface area contributed by atoms with Crippen LogP contribution in [0.1, 0.15) is 44.2 Å². The van der Waals surface area contributed by atoms with Gasteiger partial charge in [0.05, 0.1) is 6.10 Å². The minimum absolute atomic E-state index is 0.184. The standard InChI is InChI=1S/C15H20F3NO/c1-2-19-15(6-5-10-4-3-7-20-10)11-8-13(17)14(18)9-12(11)16/h8-10,15,19H,2-7H2,1H3. The molecular weight excluding hydrogens is 267 g/mol. The molecule has 112 valence electrons. The summed E-state index contributed by atoms with van der Waals surface area (Å²) in [5, 5.41) is 3.13. The van der Waals surface area contributed by atoms with Crippen LogP contribution in [0.2, 0.25) is 0 Å². The smallest absolute Gasteiger partial charge is 0.161 e. The van der Waals surface area contributed by atoms with E-state index in [1.54, 1.807) is 0 Å². The fourth-order valence-corrected chi connectivity index (χ4v) is 2.64. The zero-order valence-corrected chi connectivity index (χ0v) is 11.6. The van der Waals surface area contributed by atoms with Crippen molar-refractivity contribution in [3.8, 4) is 0 Å². The predicted octanol–water partition coefficient (Wildman–Crippen LogP) is 3.71. The van der Waals surface area contributed by atoms with Crippen molar-refractivity contribution in [1.29, 1.82) is 0 Å². The Morgan fingerprint density at radius 1 is 1.25 bits per heavy atom. The van der Waals surface area contributed by atoms with Gasteiger partial charge in [0, 0.05) is 24.3 Å². The zero-order valence-electron chi connectivity index (χ0n) is 11.6. The summed E-state index contributed by atoms with van der Waals surface area (Å²) in [4.78, 5) is 0. The van der Waals surface area contributed by atoms with Crippen molar-refractivity contribution in [2.45, 2.75) is 44.8 Å². The molecule has 2 rings (SSSR count). The molecule has 2 nitrogen and oxygen atoms in total. The lowest BCUT2D eigenvalue weighted by molar-refractivity contribution is 0.0995. The van der Waals surface area contributed by atoms with E-state index in [4.69, 9.17) is 4.74 Å². The number of nitrogens with one attached hydrogen (secondary N) is 1. The van der Waals surface area contributed by atoms with Crippen LogP contribution in [0.15, 0.2) is 12.1 Å². The van der Waals surface area contributed by atoms with Gasteiger partial charge in [0.25, 0.3) is 0 Å². The molecule has 0 aromatic heterocycles. The summed E-state index contributed by atoms with van der Waals surface area (Å²) in [6.07, 6.45) is 3.69. The van der Waals surface area contributed by atoms with E-state index in [1.807, 2.05) is 6.92 Å². The van der Waals surface area contributed by atoms with Gasteiger partial charge in [-0.15, -0.1) is 0 Å². The van der Waals surface area contributed by atoms with E-state index >= 15 is 0 Å². The van der Waals surface area contributed by atoms with E-state index in [2.05, 4.69) is 5.32 Å². The van der Waals surface area contributed by atoms with Crippen molar-refractivity contribution in [2.24, 2.45) is 0 Å². The van der Waals surface area contributed by atoms with E-state index in [9.17, 15) is 13.2 Å². The molecule has 20 heavy (non-hydrogen) atoms. The van der Waals surface area contributed by atoms with E-state index in [0.717, 1.165) is 31.9 Å². The first-order chi connectivity index (χ1) is 9.61. The molecule has 2 atom stereocenters. The summed E-state index contributed by atoms with van der Waals surface area (Å²) in [6.45, 7) is 3.31. The molecule has 1 heterocycles. The second-order valence-electron chi connectivity index (χ2n) is 5.11. The number of hydrogen-bond acceptors (Lipinski definition) is 2. The monoisotopic (exact) mass is 287 g/mol. The number of benzene rings is 1. The quantitative estimate of drug-likeness (QED) is 0.805. The third-order valence-corrected chi connectivity index (χ3v) is 3.67. The van der Waals surface area contributed by atoms with Crippen molar-refractivity contribution < 1.29 is 17.9 Å². The molecule has 5 heteroatoms. The molecule has 1 N–H and O–H groups in total. The van der Waals surface area contributed by atoms with Crippen LogP contribution in [0.3, 0.4) is 0 Å². The van der Waals surface area contributed by atoms with E-state index in [-0.39, 0.29) is 17.7 Å². The van der Waals surface area contributed by atoms with Crippen LogP contribution in [0.4, 0.5) is 13.2 Å². The van der Waals surface area contributed by atoms with Gasteiger partial charge in [-0.25, -0.2) is 13.2 Å². The fourth-order valence-electron chi connectivity index (χ4n) is 2.64. The molecule has 1 aliphatic rings. The molecular formula is C15H20F3NO. The maximum Gasteiger partial charge on any atom is 0.161 e. The van der Waals surface area contributed by atoms with Gasteiger partial charge < -0.3 is 10.1 Å². The van der Waals surface area contributed by atoms with Crippen LogP contribution >= 0.6 is 0 Å². The largest absolute Gasteiger partial charge is 0.378 e. The van der Waals surface area contributed by atoms with Crippen LogP contribution < -0.4 is 5.32 Å². The number of halogens is 3. The van der Waals surface area contributed by atoms with Crippen LogP contribution in [0.25, 0.3) is 0 Å². The van der Waals surface area contributed by atoms with Gasteiger partial charge in [0.2, 0.25) is 0 Å². The summed E-state index contributed by atoms with van der Waals surface area (Å²) < 4.78 is 45.7. The highest BCUT2D eigenvalue weighted by Crippen LogP contribution is 2.27. The predicted molar refractivity (Wildman–Crippen MR) is 70.9 cm³/mol. The molecule has 0 spiro atoms. The minimum atomic E-state index is -1.15. The highest BCUT2D eigenvalue weighted by molar-refractivity contribution is 5.23. The maximum atomic E-state index is 13.8. The van der Waals surface area contributed by atoms with Crippen molar-refractivity contribution in [3.05, 3.63) is 35.1 Å². The number of hydrogen-bond donors (Lipinski definition) is 1. The topological polar surface area (TPSA) is 21.3 Å². The van der Waals surface area contributed by atoms with E-state index < -0.39 is 17.5 Å². The lowest BCUT2D eigenvalue weighted by Gasteiger charge is -2.21. The van der Waals surface area contributed by atoms with Gasteiger partial charge in [-0.2, -0.15) is 0 Å². The number of rotatable bonds is 6. The lowest BCUT2D eigenvalue weighted by atomic mass is 9.98. The lowest BCUT2D eigenvalue weighted by Crippen LogP contribution is -2.23. The summed E-state index contributed by atoms with van der Waals surface area (Å²) in [5.74, 6) is -2.87. The van der Waals surface area contributed by atoms with Crippen molar-refractivity contribution in [1.82, 2.24) is 5.32 Å². The summed E-state index contributed by atoms with van der Waals surface area (Å²) in [7, 11) is 0. The first-order valence-corrected chi connectivity index (χ1v) is 7.11. The molecule has 1 fully saturated rings. The molecule has 0 saturated carbocycles. The molecule has 0 aliphatic carbocycles. The first kappa shape index (κ1) is 15.3. The van der Waals surface area contributed by atoms with Crippen molar-refractivity contribution in [2.75, 3.05) is 13.2 Å². The van der Waals surface area contributed by atoms with Crippen LogP contribution in [-0.4, -0.2) is 19.3 Å². The Morgan fingerprint density at radius 3 is 2.65 bits per heavy atom. The Balaban J connectivity index is 2.08. The van der Waals surface area contributed by atoms with Gasteiger partial charge in [0.1, 0.15) is 5.82 Å². The third kappa shape index (κ3) is 3.73. The second kappa shape index (κ2) is 7.09. The van der Waals surface area contributed by atoms with Crippen molar-refractivity contribution in [3.63, 3.8) is 0 Å². The third-order valence-electron chi connectivity index (χ3n) is 3.67. The normalized spacial score (nSPS) is 20.3. The summed E-state index contributed by atoms with van der Waals surface area (Å²) >= 11 is 0. The van der Waals surface area contributed by atoms with Gasteiger partial charge in [-0.05, 0) is 38.3 Å². The Morgan fingerprint density at radius 2 is 2.00 bits per heavy atom. The highest BCUT2D eigenvalue weighted by Gasteiger charge is 2.21. The first-order valence-electron chi connectivity index (χ1n) is 7.11. The second-order valence-corrected chi connectivity index (χ2v) is 5.11. The Hall–Kier alpha value is -1.07. The number of ether oxygens (including phenoxy) is 1. The highest BCUT2D eigenvalue weighted by atomic mass is 19.2. The average Bonchev–Trinajstić information content (AvgIpc) is 2.92. The summed E-state index contributed by atoms with van der Waals surface area (Å²) in [5.41, 5.74) is 0.184. The van der Waals surface area contributed by atoms with Gasteiger partial charge >= 0.3 is 0 Å². The van der Waals surface area contributed by atoms with Gasteiger partial charge in [-0.3, -0.25) is 0 Å². The summed E-state index contributed by atoms with van der Waals surface area (Å²) in [6, 6.07) is 1.24. The molecule has 2 unspecified atom stereocenters. The molecule has 1 aliphatic heterocycles. The molecule has 1 saturated heterocycles. The molecule has 0 amide bonds. The molecule has 1 aromatic carbocycles. The van der Waals surface area contributed by atoms with Gasteiger partial charge in [0.15, 0.2) is 11.6 Å². The Kier molecular flexibility index (Phi) is 5.43. The average molecular weight is 287 g/mol. The molecule has 1 aromatic rings. The molecule has 0 bridgehead atoms.